The van der Waals surface area contributed by atoms with Crippen molar-refractivity contribution in [2.24, 2.45) is 17.6 Å². The number of carbonyl (C=O) groups excluding carboxylic acids is 2. The van der Waals surface area contributed by atoms with E-state index in [0.717, 1.165) is 19.3 Å². The summed E-state index contributed by atoms with van der Waals surface area (Å²) in [6.45, 7) is 12.0. The number of nitro groups is 1. The van der Waals surface area contributed by atoms with Crippen LogP contribution in [0.15, 0.2) is 0 Å². The van der Waals surface area contributed by atoms with E-state index < -0.39 is 11.9 Å². The zero-order valence-electron chi connectivity index (χ0n) is 17.8. The van der Waals surface area contributed by atoms with E-state index in [-0.39, 0.29) is 46.6 Å². The molecule has 7 nitrogen and oxygen atoms in total. The Bertz CT molecular complexity index is 534. The standard InChI is InChI=1S/C20H37N3O4/c1-19(2,3)22(20(4,5)6)18(25)12-11-14(13-17(21)24)15-9-7-8-10-16(15)23(26)27/h14-16H,7-13H2,1-6H3,(H2,21,24). The quantitative estimate of drug-likeness (QED) is 0.536. The Morgan fingerprint density at radius 1 is 1.11 bits per heavy atom. The SMILES string of the molecule is CC(C)(C)N(C(=O)CCC(CC(N)=O)C1CCCCC1[N+](=O)[O-])C(C)(C)C. The number of nitrogens with two attached hydrogens (primary N) is 1. The minimum Gasteiger partial charge on any atom is -0.370 e. The zero-order chi connectivity index (χ0) is 21.0. The van der Waals surface area contributed by atoms with Gasteiger partial charge in [-0.25, -0.2) is 0 Å². The number of amides is 2. The predicted octanol–water partition coefficient (Wildman–Crippen LogP) is 3.52. The van der Waals surface area contributed by atoms with Gasteiger partial charge < -0.3 is 10.6 Å². The molecule has 156 valence electrons. The van der Waals surface area contributed by atoms with Gasteiger partial charge in [0.05, 0.1) is 0 Å². The zero-order valence-corrected chi connectivity index (χ0v) is 17.8. The molecule has 0 heterocycles. The Morgan fingerprint density at radius 3 is 2.07 bits per heavy atom. The highest BCUT2D eigenvalue weighted by molar-refractivity contribution is 5.78. The van der Waals surface area contributed by atoms with Crippen LogP contribution in [0, 0.1) is 22.0 Å². The van der Waals surface area contributed by atoms with Crippen LogP contribution in [0.4, 0.5) is 0 Å². The molecule has 0 spiro atoms. The molecular weight excluding hydrogens is 346 g/mol. The molecule has 1 aliphatic rings. The Kier molecular flexibility index (Phi) is 7.81. The average Bonchev–Trinajstić information content (AvgIpc) is 2.48. The van der Waals surface area contributed by atoms with Gasteiger partial charge in [0.15, 0.2) is 0 Å². The number of rotatable bonds is 7. The van der Waals surface area contributed by atoms with E-state index in [4.69, 9.17) is 5.73 Å². The van der Waals surface area contributed by atoms with Crippen LogP contribution in [0.3, 0.4) is 0 Å². The third-order valence-corrected chi connectivity index (χ3v) is 5.44. The van der Waals surface area contributed by atoms with E-state index in [9.17, 15) is 19.7 Å². The Hall–Kier alpha value is -1.66. The van der Waals surface area contributed by atoms with Crippen molar-refractivity contribution < 1.29 is 14.5 Å². The van der Waals surface area contributed by atoms with Crippen molar-refractivity contribution in [1.82, 2.24) is 4.90 Å². The van der Waals surface area contributed by atoms with Gasteiger partial charge in [-0.1, -0.05) is 6.42 Å². The summed E-state index contributed by atoms with van der Waals surface area (Å²) < 4.78 is 0. The maximum atomic E-state index is 13.0. The molecule has 27 heavy (non-hydrogen) atoms. The lowest BCUT2D eigenvalue weighted by Crippen LogP contribution is -2.55. The first-order chi connectivity index (χ1) is 12.2. The van der Waals surface area contributed by atoms with Crippen LogP contribution in [-0.2, 0) is 9.59 Å². The maximum Gasteiger partial charge on any atom is 0.223 e. The molecule has 1 saturated carbocycles. The number of primary amides is 1. The number of nitrogens with zero attached hydrogens (tertiary/aromatic N) is 2. The van der Waals surface area contributed by atoms with Gasteiger partial charge in [0, 0.05) is 41.2 Å². The van der Waals surface area contributed by atoms with Crippen molar-refractivity contribution in [3.63, 3.8) is 0 Å². The van der Waals surface area contributed by atoms with Crippen LogP contribution in [0.5, 0.6) is 0 Å². The first-order valence-electron chi connectivity index (χ1n) is 10.00. The maximum absolute atomic E-state index is 13.0. The second-order valence-corrected chi connectivity index (χ2v) is 9.84. The van der Waals surface area contributed by atoms with Crippen LogP contribution >= 0.6 is 0 Å². The van der Waals surface area contributed by atoms with Crippen LogP contribution in [0.25, 0.3) is 0 Å². The minimum absolute atomic E-state index is 0.0120. The summed E-state index contributed by atoms with van der Waals surface area (Å²) in [6.07, 6.45) is 3.86. The number of carbonyl (C=O) groups is 2. The Morgan fingerprint density at radius 2 is 1.63 bits per heavy atom. The summed E-state index contributed by atoms with van der Waals surface area (Å²) in [5, 5.41) is 11.5. The topological polar surface area (TPSA) is 107 Å². The molecule has 0 saturated heterocycles. The second kappa shape index (κ2) is 9.02. The van der Waals surface area contributed by atoms with Gasteiger partial charge in [-0.15, -0.1) is 0 Å². The molecule has 0 aromatic rings. The average molecular weight is 384 g/mol. The molecule has 0 radical (unpaired) electrons. The van der Waals surface area contributed by atoms with E-state index in [1.165, 1.54) is 0 Å². The highest BCUT2D eigenvalue weighted by Gasteiger charge is 2.41. The molecule has 3 atom stereocenters. The van der Waals surface area contributed by atoms with Gasteiger partial charge in [0.2, 0.25) is 17.9 Å². The van der Waals surface area contributed by atoms with Gasteiger partial charge in [0.25, 0.3) is 0 Å². The Balaban J connectivity index is 2.95. The molecule has 7 heteroatoms. The summed E-state index contributed by atoms with van der Waals surface area (Å²) in [5.41, 5.74) is 4.76. The lowest BCUT2D eigenvalue weighted by molar-refractivity contribution is -0.537. The van der Waals surface area contributed by atoms with Gasteiger partial charge in [0.1, 0.15) is 0 Å². The van der Waals surface area contributed by atoms with Crippen molar-refractivity contribution in [3.05, 3.63) is 10.1 Å². The first-order valence-corrected chi connectivity index (χ1v) is 10.00. The van der Waals surface area contributed by atoms with E-state index in [1.54, 1.807) is 0 Å². The summed E-state index contributed by atoms with van der Waals surface area (Å²) in [6, 6.07) is -0.639. The number of hydrogen-bond acceptors (Lipinski definition) is 4. The van der Waals surface area contributed by atoms with E-state index in [1.807, 2.05) is 46.4 Å². The molecule has 3 unspecified atom stereocenters. The molecule has 0 aromatic heterocycles. The van der Waals surface area contributed by atoms with Crippen LogP contribution in [0.1, 0.15) is 86.5 Å². The van der Waals surface area contributed by atoms with Gasteiger partial charge in [-0.2, -0.15) is 0 Å². The van der Waals surface area contributed by atoms with E-state index in [0.29, 0.717) is 12.8 Å². The van der Waals surface area contributed by atoms with Crippen LogP contribution in [-0.4, -0.2) is 38.8 Å². The summed E-state index contributed by atoms with van der Waals surface area (Å²) in [4.78, 5) is 37.7. The predicted molar refractivity (Wildman–Crippen MR) is 106 cm³/mol. The lowest BCUT2D eigenvalue weighted by Gasteiger charge is -2.46. The molecule has 2 N–H and O–H groups in total. The van der Waals surface area contributed by atoms with E-state index in [2.05, 4.69) is 0 Å². The van der Waals surface area contributed by atoms with Crippen LogP contribution in [0.2, 0.25) is 0 Å². The largest absolute Gasteiger partial charge is 0.370 e. The molecular formula is C20H37N3O4. The third kappa shape index (κ3) is 6.78. The van der Waals surface area contributed by atoms with Crippen molar-refractivity contribution in [2.75, 3.05) is 0 Å². The molecule has 1 rings (SSSR count). The monoisotopic (exact) mass is 383 g/mol. The smallest absolute Gasteiger partial charge is 0.223 e. The first kappa shape index (κ1) is 23.4. The Labute approximate surface area is 163 Å². The molecule has 0 aromatic carbocycles. The summed E-state index contributed by atoms with van der Waals surface area (Å²) >= 11 is 0. The molecule has 0 aliphatic heterocycles. The van der Waals surface area contributed by atoms with Crippen molar-refractivity contribution >= 4 is 11.8 Å². The highest BCUT2D eigenvalue weighted by Crippen LogP contribution is 2.37. The van der Waals surface area contributed by atoms with Crippen molar-refractivity contribution in [1.29, 1.82) is 0 Å². The van der Waals surface area contributed by atoms with Gasteiger partial charge in [-0.05, 0) is 66.7 Å². The van der Waals surface area contributed by atoms with Crippen LogP contribution < -0.4 is 5.73 Å². The molecule has 1 fully saturated rings. The van der Waals surface area contributed by atoms with Gasteiger partial charge >= 0.3 is 0 Å². The normalized spacial score (nSPS) is 22.1. The fourth-order valence-electron chi connectivity index (χ4n) is 4.85. The lowest BCUT2D eigenvalue weighted by atomic mass is 9.73. The molecule has 1 aliphatic carbocycles. The number of hydrogen-bond donors (Lipinski definition) is 1. The van der Waals surface area contributed by atoms with Crippen molar-refractivity contribution in [3.8, 4) is 0 Å². The summed E-state index contributed by atoms with van der Waals surface area (Å²) in [7, 11) is 0. The van der Waals surface area contributed by atoms with Gasteiger partial charge in [-0.3, -0.25) is 19.7 Å². The molecule has 0 bridgehead atoms. The summed E-state index contributed by atoms with van der Waals surface area (Å²) in [5.74, 6) is -0.850. The molecule has 2 amide bonds. The van der Waals surface area contributed by atoms with Crippen molar-refractivity contribution in [2.45, 2.75) is 104 Å². The third-order valence-electron chi connectivity index (χ3n) is 5.44. The van der Waals surface area contributed by atoms with E-state index >= 15 is 0 Å². The second-order valence-electron chi connectivity index (χ2n) is 9.84. The fourth-order valence-corrected chi connectivity index (χ4v) is 4.85. The highest BCUT2D eigenvalue weighted by atomic mass is 16.6. The minimum atomic E-state index is -0.639. The fraction of sp³-hybridized carbons (Fsp3) is 0.900.